The predicted molar refractivity (Wildman–Crippen MR) is 86.3 cm³/mol. The molecule has 0 aliphatic rings. The summed E-state index contributed by atoms with van der Waals surface area (Å²) in [7, 11) is 1.82. The molecule has 0 N–H and O–H groups in total. The highest BCUT2D eigenvalue weighted by Gasteiger charge is 2.12. The van der Waals surface area contributed by atoms with Gasteiger partial charge in [0.1, 0.15) is 0 Å². The molecule has 118 valence electrons. The maximum Gasteiger partial charge on any atom is 0.222 e. The Morgan fingerprint density at radius 2 is 2.09 bits per heavy atom. The third-order valence-corrected chi connectivity index (χ3v) is 4.35. The summed E-state index contributed by atoms with van der Waals surface area (Å²) in [5.74, 6) is 1.07. The lowest BCUT2D eigenvalue weighted by Gasteiger charge is -2.22. The zero-order valence-electron chi connectivity index (χ0n) is 13.0. The largest absolute Gasteiger partial charge is 0.338 e. The van der Waals surface area contributed by atoms with Crippen molar-refractivity contribution in [3.05, 3.63) is 35.9 Å². The molecule has 0 saturated heterocycles. The normalized spacial score (nSPS) is 10.6. The average Bonchev–Trinajstić information content (AvgIpc) is 2.95. The van der Waals surface area contributed by atoms with E-state index in [-0.39, 0.29) is 5.91 Å². The van der Waals surface area contributed by atoms with Gasteiger partial charge in [0.25, 0.3) is 0 Å². The van der Waals surface area contributed by atoms with E-state index in [1.165, 1.54) is 0 Å². The third-order valence-electron chi connectivity index (χ3n) is 3.26. The van der Waals surface area contributed by atoms with Crippen LogP contribution in [-0.2, 0) is 18.4 Å². The Labute approximate surface area is 134 Å². The molecular formula is C15H21N5OS. The van der Waals surface area contributed by atoms with Crippen LogP contribution in [-0.4, -0.2) is 43.3 Å². The first-order valence-electron chi connectivity index (χ1n) is 7.37. The Balaban J connectivity index is 1.82. The van der Waals surface area contributed by atoms with Crippen LogP contribution in [0.3, 0.4) is 0 Å². The summed E-state index contributed by atoms with van der Waals surface area (Å²) in [5.41, 5.74) is 1.16. The third kappa shape index (κ3) is 4.84. The lowest BCUT2D eigenvalue weighted by atomic mass is 10.2. The van der Waals surface area contributed by atoms with Gasteiger partial charge in [-0.1, -0.05) is 49.0 Å². The molecule has 2 rings (SSSR count). The van der Waals surface area contributed by atoms with Crippen molar-refractivity contribution < 1.29 is 4.79 Å². The first-order valence-corrected chi connectivity index (χ1v) is 8.36. The molecule has 0 atom stereocenters. The van der Waals surface area contributed by atoms with Crippen molar-refractivity contribution in [3.8, 4) is 0 Å². The lowest BCUT2D eigenvalue weighted by molar-refractivity contribution is -0.131. The van der Waals surface area contributed by atoms with Crippen LogP contribution in [0, 0.1) is 0 Å². The Morgan fingerprint density at radius 3 is 2.73 bits per heavy atom. The van der Waals surface area contributed by atoms with Gasteiger partial charge in [0, 0.05) is 32.3 Å². The summed E-state index contributed by atoms with van der Waals surface area (Å²) in [6.45, 7) is 3.32. The molecule has 0 unspecified atom stereocenters. The van der Waals surface area contributed by atoms with Gasteiger partial charge in [-0.25, -0.2) is 4.68 Å². The van der Waals surface area contributed by atoms with Crippen LogP contribution in [0.5, 0.6) is 0 Å². The Kier molecular flexibility index (Phi) is 6.39. The van der Waals surface area contributed by atoms with Gasteiger partial charge in [-0.3, -0.25) is 4.79 Å². The number of rotatable bonds is 8. The number of hydrogen-bond acceptors (Lipinski definition) is 5. The van der Waals surface area contributed by atoms with E-state index in [9.17, 15) is 4.79 Å². The zero-order valence-corrected chi connectivity index (χ0v) is 13.8. The fourth-order valence-electron chi connectivity index (χ4n) is 2.08. The quantitative estimate of drug-likeness (QED) is 0.551. The molecule has 0 saturated carbocycles. The highest BCUT2D eigenvalue weighted by atomic mass is 32.2. The van der Waals surface area contributed by atoms with E-state index in [1.807, 2.05) is 37.1 Å². The maximum atomic E-state index is 12.1. The lowest BCUT2D eigenvalue weighted by Crippen LogP contribution is -2.31. The summed E-state index contributed by atoms with van der Waals surface area (Å²) < 4.78 is 1.66. The summed E-state index contributed by atoms with van der Waals surface area (Å²) in [5, 5.41) is 12.1. The summed E-state index contributed by atoms with van der Waals surface area (Å²) in [6.07, 6.45) is 1.45. The molecule has 22 heavy (non-hydrogen) atoms. The molecule has 0 fully saturated rings. The Hall–Kier alpha value is -1.89. The molecule has 1 heterocycles. The van der Waals surface area contributed by atoms with Crippen molar-refractivity contribution in [3.63, 3.8) is 0 Å². The summed E-state index contributed by atoms with van der Waals surface area (Å²) in [6, 6.07) is 10.1. The molecule has 7 heteroatoms. The van der Waals surface area contributed by atoms with Crippen molar-refractivity contribution in [2.75, 3.05) is 12.3 Å². The fourth-order valence-corrected chi connectivity index (χ4v) is 2.86. The first kappa shape index (κ1) is 16.5. The number of tetrazole rings is 1. The van der Waals surface area contributed by atoms with Crippen molar-refractivity contribution in [2.45, 2.75) is 31.5 Å². The van der Waals surface area contributed by atoms with Gasteiger partial charge in [0.15, 0.2) is 0 Å². The van der Waals surface area contributed by atoms with Gasteiger partial charge in [-0.05, 0) is 22.4 Å². The second-order valence-electron chi connectivity index (χ2n) is 4.94. The maximum absolute atomic E-state index is 12.1. The van der Waals surface area contributed by atoms with Crippen LogP contribution in [0.15, 0.2) is 35.5 Å². The van der Waals surface area contributed by atoms with Crippen LogP contribution in [0.25, 0.3) is 0 Å². The molecule has 0 aliphatic heterocycles. The summed E-state index contributed by atoms with van der Waals surface area (Å²) in [4.78, 5) is 14.0. The Morgan fingerprint density at radius 1 is 1.32 bits per heavy atom. The van der Waals surface area contributed by atoms with Gasteiger partial charge in [0.2, 0.25) is 11.1 Å². The van der Waals surface area contributed by atoms with E-state index in [0.717, 1.165) is 29.4 Å². The smallest absolute Gasteiger partial charge is 0.222 e. The minimum atomic E-state index is 0.189. The van der Waals surface area contributed by atoms with Crippen LogP contribution < -0.4 is 0 Å². The van der Waals surface area contributed by atoms with E-state index in [4.69, 9.17) is 0 Å². The molecule has 1 amide bonds. The number of benzene rings is 1. The molecular weight excluding hydrogens is 298 g/mol. The zero-order chi connectivity index (χ0) is 15.8. The number of aromatic nitrogens is 4. The molecule has 1 aromatic carbocycles. The number of amides is 1. The molecule has 0 bridgehead atoms. The molecule has 6 nitrogen and oxygen atoms in total. The van der Waals surface area contributed by atoms with E-state index >= 15 is 0 Å². The molecule has 1 aromatic heterocycles. The first-order chi connectivity index (χ1) is 10.7. The van der Waals surface area contributed by atoms with E-state index in [0.29, 0.717) is 13.0 Å². The predicted octanol–water partition coefficient (Wildman–Crippen LogP) is 2.13. The number of carbonyl (C=O) groups excluding carboxylic acids is 1. The van der Waals surface area contributed by atoms with Gasteiger partial charge in [-0.2, -0.15) is 0 Å². The second kappa shape index (κ2) is 8.53. The van der Waals surface area contributed by atoms with Crippen molar-refractivity contribution >= 4 is 17.7 Å². The van der Waals surface area contributed by atoms with Crippen molar-refractivity contribution in [2.24, 2.45) is 7.05 Å². The molecule has 2 aromatic rings. The van der Waals surface area contributed by atoms with Gasteiger partial charge in [-0.15, -0.1) is 5.10 Å². The minimum absolute atomic E-state index is 0.189. The van der Waals surface area contributed by atoms with E-state index < -0.39 is 0 Å². The highest BCUT2D eigenvalue weighted by Crippen LogP contribution is 2.14. The second-order valence-corrected chi connectivity index (χ2v) is 6.00. The highest BCUT2D eigenvalue weighted by molar-refractivity contribution is 7.99. The van der Waals surface area contributed by atoms with E-state index in [1.54, 1.807) is 16.4 Å². The number of nitrogens with zero attached hydrogens (tertiary/aromatic N) is 5. The van der Waals surface area contributed by atoms with Gasteiger partial charge < -0.3 is 4.90 Å². The molecule has 0 radical (unpaired) electrons. The number of thioether (sulfide) groups is 1. The fraction of sp³-hybridized carbons (Fsp3) is 0.467. The van der Waals surface area contributed by atoms with Crippen LogP contribution in [0.1, 0.15) is 25.3 Å². The van der Waals surface area contributed by atoms with Crippen molar-refractivity contribution in [1.29, 1.82) is 0 Å². The van der Waals surface area contributed by atoms with Gasteiger partial charge in [0.05, 0.1) is 0 Å². The monoisotopic (exact) mass is 319 g/mol. The summed E-state index contributed by atoms with van der Waals surface area (Å²) >= 11 is 1.61. The molecule has 0 aliphatic carbocycles. The van der Waals surface area contributed by atoms with E-state index in [2.05, 4.69) is 27.7 Å². The van der Waals surface area contributed by atoms with Gasteiger partial charge >= 0.3 is 0 Å². The van der Waals surface area contributed by atoms with Crippen molar-refractivity contribution in [1.82, 2.24) is 25.1 Å². The average molecular weight is 319 g/mol. The van der Waals surface area contributed by atoms with Crippen LogP contribution in [0.2, 0.25) is 0 Å². The van der Waals surface area contributed by atoms with Crippen LogP contribution >= 0.6 is 11.8 Å². The number of aryl methyl sites for hydroxylation is 1. The molecule has 0 spiro atoms. The SMILES string of the molecule is CCC(=O)N(CCCSc1nnnn1C)Cc1ccccc1. The topological polar surface area (TPSA) is 63.9 Å². The number of hydrogen-bond donors (Lipinski definition) is 0. The standard InChI is InChI=1S/C15H21N5OS/c1-3-14(21)20(12-13-8-5-4-6-9-13)10-7-11-22-15-16-17-18-19(15)2/h4-6,8-9H,3,7,10-12H2,1-2H3. The van der Waals surface area contributed by atoms with Crippen LogP contribution in [0.4, 0.5) is 0 Å². The number of carbonyl (C=O) groups is 1. The minimum Gasteiger partial charge on any atom is -0.338 e. The Bertz CT molecular complexity index is 587.